The normalized spacial score (nSPS) is 16.4. The Labute approximate surface area is 122 Å². The Kier molecular flexibility index (Phi) is 3.55. The zero-order valence-electron chi connectivity index (χ0n) is 12.3. The Balaban J connectivity index is 2.11. The molecule has 2 heterocycles. The smallest absolute Gasteiger partial charge is 0.189 e. The van der Waals surface area contributed by atoms with Crippen molar-refractivity contribution in [3.8, 4) is 0 Å². The molecule has 0 unspecified atom stereocenters. The van der Waals surface area contributed by atoms with Crippen LogP contribution in [-0.4, -0.2) is 49.9 Å². The maximum Gasteiger partial charge on any atom is 0.189 e. The molecule has 1 aromatic carbocycles. The Morgan fingerprint density at radius 3 is 2.57 bits per heavy atom. The van der Waals surface area contributed by atoms with E-state index in [-0.39, 0.29) is 11.2 Å². The molecule has 6 heteroatoms. The van der Waals surface area contributed by atoms with E-state index in [0.29, 0.717) is 16.6 Å². The minimum Gasteiger partial charge on any atom is -0.367 e. The molecular weight excluding hydrogens is 271 g/mol. The number of nitrogens with zero attached hydrogens (tertiary/aromatic N) is 3. The van der Waals surface area contributed by atoms with Gasteiger partial charge in [0.05, 0.1) is 16.6 Å². The van der Waals surface area contributed by atoms with Crippen molar-refractivity contribution in [2.75, 3.05) is 50.6 Å². The van der Waals surface area contributed by atoms with Crippen LogP contribution in [0.4, 0.5) is 10.1 Å². The van der Waals surface area contributed by atoms with Gasteiger partial charge in [-0.15, -0.1) is 0 Å². The molecule has 0 radical (unpaired) electrons. The molecule has 0 spiro atoms. The van der Waals surface area contributed by atoms with Crippen LogP contribution in [0.15, 0.2) is 29.2 Å². The molecule has 0 amide bonds. The number of pyridine rings is 1. The van der Waals surface area contributed by atoms with Gasteiger partial charge in [0.1, 0.15) is 5.82 Å². The lowest BCUT2D eigenvalue weighted by Gasteiger charge is -2.34. The van der Waals surface area contributed by atoms with Crippen molar-refractivity contribution in [3.05, 3.63) is 40.4 Å². The summed E-state index contributed by atoms with van der Waals surface area (Å²) in [6, 6.07) is 4.54. The highest BCUT2D eigenvalue weighted by atomic mass is 19.1. The highest BCUT2D eigenvalue weighted by Gasteiger charge is 2.19. The standard InChI is InChI=1S/C15H19FN4O/c1-17-20-4-3-15(21)11-9-12(16)14(10-13(11)20)19-7-5-18(2)6-8-19/h3-4,9-10,17H,5-8H2,1-2H3. The monoisotopic (exact) mass is 290 g/mol. The fraction of sp³-hybridized carbons (Fsp3) is 0.400. The molecule has 21 heavy (non-hydrogen) atoms. The molecule has 1 saturated heterocycles. The number of hydrogen-bond donors (Lipinski definition) is 1. The van der Waals surface area contributed by atoms with Crippen LogP contribution < -0.4 is 15.8 Å². The van der Waals surface area contributed by atoms with E-state index in [0.717, 1.165) is 26.2 Å². The van der Waals surface area contributed by atoms with Crippen molar-refractivity contribution in [2.24, 2.45) is 0 Å². The van der Waals surface area contributed by atoms with Crippen LogP contribution in [0.1, 0.15) is 0 Å². The van der Waals surface area contributed by atoms with Gasteiger partial charge in [-0.1, -0.05) is 0 Å². The van der Waals surface area contributed by atoms with E-state index in [9.17, 15) is 9.18 Å². The third kappa shape index (κ3) is 2.47. The minimum atomic E-state index is -0.335. The number of hydrogen-bond acceptors (Lipinski definition) is 4. The van der Waals surface area contributed by atoms with Crippen molar-refractivity contribution in [1.29, 1.82) is 0 Å². The average molecular weight is 290 g/mol. The summed E-state index contributed by atoms with van der Waals surface area (Å²) in [7, 11) is 3.83. The largest absolute Gasteiger partial charge is 0.367 e. The van der Waals surface area contributed by atoms with Crippen molar-refractivity contribution >= 4 is 16.6 Å². The van der Waals surface area contributed by atoms with E-state index in [2.05, 4.69) is 17.4 Å². The molecule has 1 fully saturated rings. The summed E-state index contributed by atoms with van der Waals surface area (Å²) in [5.41, 5.74) is 4.07. The number of benzene rings is 1. The quantitative estimate of drug-likeness (QED) is 0.898. The van der Waals surface area contributed by atoms with Crippen LogP contribution in [-0.2, 0) is 0 Å². The highest BCUT2D eigenvalue weighted by molar-refractivity contribution is 5.83. The molecule has 0 bridgehead atoms. The lowest BCUT2D eigenvalue weighted by molar-refractivity contribution is 0.312. The Bertz CT molecular complexity index is 719. The minimum absolute atomic E-state index is 0.166. The Hall–Kier alpha value is -2.08. The van der Waals surface area contributed by atoms with Gasteiger partial charge in [0.2, 0.25) is 0 Å². The van der Waals surface area contributed by atoms with E-state index in [4.69, 9.17) is 0 Å². The number of rotatable bonds is 2. The Morgan fingerprint density at radius 1 is 1.19 bits per heavy atom. The molecule has 112 valence electrons. The molecule has 1 aliphatic rings. The number of halogens is 1. The van der Waals surface area contributed by atoms with Gasteiger partial charge >= 0.3 is 0 Å². The number of nitrogens with one attached hydrogen (secondary N) is 1. The third-order valence-electron chi connectivity index (χ3n) is 4.05. The first-order valence-electron chi connectivity index (χ1n) is 7.06. The fourth-order valence-corrected chi connectivity index (χ4v) is 2.74. The maximum atomic E-state index is 14.4. The van der Waals surface area contributed by atoms with Gasteiger partial charge in [0, 0.05) is 45.5 Å². The van der Waals surface area contributed by atoms with Crippen LogP contribution in [0.25, 0.3) is 10.9 Å². The fourth-order valence-electron chi connectivity index (χ4n) is 2.74. The zero-order chi connectivity index (χ0) is 15.0. The second kappa shape index (κ2) is 5.37. The molecule has 0 aliphatic carbocycles. The number of aromatic nitrogens is 1. The highest BCUT2D eigenvalue weighted by Crippen LogP contribution is 2.25. The average Bonchev–Trinajstić information content (AvgIpc) is 2.49. The van der Waals surface area contributed by atoms with Gasteiger partial charge in [-0.2, -0.15) is 0 Å². The van der Waals surface area contributed by atoms with Crippen LogP contribution >= 0.6 is 0 Å². The van der Waals surface area contributed by atoms with E-state index in [1.54, 1.807) is 24.0 Å². The summed E-state index contributed by atoms with van der Waals surface area (Å²) in [5, 5.41) is 0.391. The van der Waals surface area contributed by atoms with E-state index < -0.39 is 0 Å². The topological polar surface area (TPSA) is 40.5 Å². The van der Waals surface area contributed by atoms with Gasteiger partial charge in [-0.3, -0.25) is 9.47 Å². The summed E-state index contributed by atoms with van der Waals surface area (Å²) in [5.74, 6) is -0.335. The molecule has 3 rings (SSSR count). The SMILES string of the molecule is CNn1ccc(=O)c2cc(F)c(N3CCN(C)CC3)cc21. The zero-order valence-corrected chi connectivity index (χ0v) is 12.3. The Morgan fingerprint density at radius 2 is 1.90 bits per heavy atom. The molecule has 1 N–H and O–H groups in total. The first kappa shape index (κ1) is 13.9. The summed E-state index contributed by atoms with van der Waals surface area (Å²) < 4.78 is 16.1. The summed E-state index contributed by atoms with van der Waals surface area (Å²) in [6.07, 6.45) is 1.66. The van der Waals surface area contributed by atoms with E-state index >= 15 is 0 Å². The van der Waals surface area contributed by atoms with E-state index in [1.165, 1.54) is 12.1 Å². The predicted octanol–water partition coefficient (Wildman–Crippen LogP) is 1.07. The predicted molar refractivity (Wildman–Crippen MR) is 83.2 cm³/mol. The molecule has 2 aromatic rings. The first-order valence-corrected chi connectivity index (χ1v) is 7.06. The third-order valence-corrected chi connectivity index (χ3v) is 4.05. The molecule has 1 aliphatic heterocycles. The number of piperazine rings is 1. The van der Waals surface area contributed by atoms with Crippen molar-refractivity contribution in [1.82, 2.24) is 9.58 Å². The van der Waals surface area contributed by atoms with Gasteiger partial charge < -0.3 is 15.2 Å². The van der Waals surface area contributed by atoms with Crippen LogP contribution in [0.2, 0.25) is 0 Å². The van der Waals surface area contributed by atoms with Crippen LogP contribution in [0.3, 0.4) is 0 Å². The van der Waals surface area contributed by atoms with Crippen LogP contribution in [0, 0.1) is 5.82 Å². The van der Waals surface area contributed by atoms with Crippen LogP contribution in [0.5, 0.6) is 0 Å². The second-order valence-corrected chi connectivity index (χ2v) is 5.38. The number of anilines is 1. The molecule has 0 saturated carbocycles. The number of fused-ring (bicyclic) bond motifs is 1. The van der Waals surface area contributed by atoms with Crippen molar-refractivity contribution in [3.63, 3.8) is 0 Å². The molecule has 5 nitrogen and oxygen atoms in total. The number of likely N-dealkylation sites (N-methyl/N-ethyl adjacent to an activating group) is 1. The maximum absolute atomic E-state index is 14.4. The summed E-state index contributed by atoms with van der Waals surface area (Å²) in [4.78, 5) is 16.2. The summed E-state index contributed by atoms with van der Waals surface area (Å²) >= 11 is 0. The van der Waals surface area contributed by atoms with E-state index in [1.807, 2.05) is 4.90 Å². The molecule has 0 atom stereocenters. The lowest BCUT2D eigenvalue weighted by atomic mass is 10.1. The summed E-state index contributed by atoms with van der Waals surface area (Å²) in [6.45, 7) is 3.39. The van der Waals surface area contributed by atoms with Gasteiger partial charge in [0.15, 0.2) is 5.43 Å². The first-order chi connectivity index (χ1) is 10.1. The van der Waals surface area contributed by atoms with Gasteiger partial charge in [0.25, 0.3) is 0 Å². The molecule has 1 aromatic heterocycles. The lowest BCUT2D eigenvalue weighted by Crippen LogP contribution is -2.44. The van der Waals surface area contributed by atoms with Gasteiger partial charge in [-0.05, 0) is 19.2 Å². The van der Waals surface area contributed by atoms with Crippen molar-refractivity contribution < 1.29 is 4.39 Å². The van der Waals surface area contributed by atoms with Crippen molar-refractivity contribution in [2.45, 2.75) is 0 Å². The second-order valence-electron chi connectivity index (χ2n) is 5.38. The van der Waals surface area contributed by atoms with Gasteiger partial charge in [-0.25, -0.2) is 4.39 Å². The molecular formula is C15H19FN4O.